The van der Waals surface area contributed by atoms with Gasteiger partial charge in [0.05, 0.1) is 0 Å². The van der Waals surface area contributed by atoms with Crippen LogP contribution in [0.5, 0.6) is 0 Å². The topological polar surface area (TPSA) is 12.0 Å². The average Bonchev–Trinajstić information content (AvgIpc) is 2.40. The Bertz CT molecular complexity index is 462. The fourth-order valence-corrected chi connectivity index (χ4v) is 5.95. The van der Waals surface area contributed by atoms with Gasteiger partial charge in [0, 0.05) is 5.54 Å². The smallest absolute Gasteiger partial charge is 0.0492 e. The monoisotopic (exact) mass is 255 g/mol. The van der Waals surface area contributed by atoms with Crippen molar-refractivity contribution in [2.75, 3.05) is 7.05 Å². The predicted octanol–water partition coefficient (Wildman–Crippen LogP) is 3.87. The third-order valence-electron chi connectivity index (χ3n) is 6.43. The zero-order valence-electron chi connectivity index (χ0n) is 12.2. The summed E-state index contributed by atoms with van der Waals surface area (Å²) in [7, 11) is 2.20. The molecule has 0 amide bonds. The van der Waals surface area contributed by atoms with Crippen molar-refractivity contribution in [2.24, 2.45) is 23.7 Å². The van der Waals surface area contributed by atoms with Crippen LogP contribution >= 0.6 is 0 Å². The van der Waals surface area contributed by atoms with Crippen LogP contribution in [0.25, 0.3) is 0 Å². The minimum Gasteiger partial charge on any atom is -0.310 e. The van der Waals surface area contributed by atoms with E-state index in [1.807, 2.05) is 0 Å². The number of aryl methyl sites for hydroxylation is 1. The predicted molar refractivity (Wildman–Crippen MR) is 79.0 cm³/mol. The van der Waals surface area contributed by atoms with Gasteiger partial charge in [-0.3, -0.25) is 0 Å². The largest absolute Gasteiger partial charge is 0.310 e. The second-order valence-electron chi connectivity index (χ2n) is 7.24. The lowest BCUT2D eigenvalue weighted by atomic mass is 9.47. The van der Waals surface area contributed by atoms with Gasteiger partial charge in [0.1, 0.15) is 0 Å². The number of rotatable bonds is 2. The molecule has 1 aromatic rings. The molecule has 0 radical (unpaired) electrons. The van der Waals surface area contributed by atoms with E-state index in [0.29, 0.717) is 0 Å². The molecule has 1 nitrogen and oxygen atoms in total. The fraction of sp³-hybridized carbons (Fsp3) is 0.667. The zero-order chi connectivity index (χ0) is 13.0. The van der Waals surface area contributed by atoms with Gasteiger partial charge in [-0.15, -0.1) is 0 Å². The van der Waals surface area contributed by atoms with Gasteiger partial charge < -0.3 is 5.32 Å². The SMILES string of the molecule is CNC1(c2ccccc2C)C2CC3CC(C2)CC1C3. The average molecular weight is 255 g/mol. The molecule has 4 aliphatic carbocycles. The Hall–Kier alpha value is -0.820. The van der Waals surface area contributed by atoms with Crippen LogP contribution in [0.1, 0.15) is 43.2 Å². The van der Waals surface area contributed by atoms with E-state index in [4.69, 9.17) is 0 Å². The van der Waals surface area contributed by atoms with Crippen molar-refractivity contribution in [1.29, 1.82) is 0 Å². The minimum atomic E-state index is 0.277. The highest BCUT2D eigenvalue weighted by Crippen LogP contribution is 2.61. The summed E-state index contributed by atoms with van der Waals surface area (Å²) < 4.78 is 0. The molecule has 0 spiro atoms. The Morgan fingerprint density at radius 2 is 1.53 bits per heavy atom. The highest BCUT2D eigenvalue weighted by molar-refractivity contribution is 5.36. The summed E-state index contributed by atoms with van der Waals surface area (Å²) in [6.45, 7) is 2.29. The first-order chi connectivity index (χ1) is 9.24. The molecule has 1 heteroatoms. The molecule has 4 fully saturated rings. The summed E-state index contributed by atoms with van der Waals surface area (Å²) in [6, 6.07) is 9.08. The fourth-order valence-electron chi connectivity index (χ4n) is 5.95. The van der Waals surface area contributed by atoms with E-state index in [1.165, 1.54) is 37.7 Å². The summed E-state index contributed by atoms with van der Waals surface area (Å²) >= 11 is 0. The van der Waals surface area contributed by atoms with E-state index in [1.54, 1.807) is 5.56 Å². The minimum absolute atomic E-state index is 0.277. The number of benzene rings is 1. The lowest BCUT2D eigenvalue weighted by Crippen LogP contribution is -2.61. The van der Waals surface area contributed by atoms with E-state index in [2.05, 4.69) is 43.6 Å². The summed E-state index contributed by atoms with van der Waals surface area (Å²) in [5.74, 6) is 3.81. The number of hydrogen-bond donors (Lipinski definition) is 1. The van der Waals surface area contributed by atoms with Gasteiger partial charge in [0.15, 0.2) is 0 Å². The third-order valence-corrected chi connectivity index (χ3v) is 6.43. The molecule has 0 aromatic heterocycles. The first kappa shape index (κ1) is 12.0. The molecule has 0 heterocycles. The van der Waals surface area contributed by atoms with Gasteiger partial charge in [-0.25, -0.2) is 0 Å². The lowest BCUT2D eigenvalue weighted by Gasteiger charge is -2.62. The van der Waals surface area contributed by atoms with Gasteiger partial charge in [-0.2, -0.15) is 0 Å². The van der Waals surface area contributed by atoms with E-state index < -0.39 is 0 Å². The Labute approximate surface area is 116 Å². The van der Waals surface area contributed by atoms with Crippen molar-refractivity contribution in [3.05, 3.63) is 35.4 Å². The summed E-state index contributed by atoms with van der Waals surface area (Å²) in [5.41, 5.74) is 3.34. The van der Waals surface area contributed by atoms with Crippen molar-refractivity contribution in [3.8, 4) is 0 Å². The summed E-state index contributed by atoms with van der Waals surface area (Å²) in [4.78, 5) is 0. The van der Waals surface area contributed by atoms with Gasteiger partial charge in [0.2, 0.25) is 0 Å². The lowest BCUT2D eigenvalue weighted by molar-refractivity contribution is -0.0747. The van der Waals surface area contributed by atoms with Gasteiger partial charge >= 0.3 is 0 Å². The van der Waals surface area contributed by atoms with E-state index >= 15 is 0 Å². The molecule has 1 N–H and O–H groups in total. The maximum atomic E-state index is 3.82. The molecule has 4 bridgehead atoms. The highest BCUT2D eigenvalue weighted by atomic mass is 15.0. The number of nitrogens with one attached hydrogen (secondary N) is 1. The van der Waals surface area contributed by atoms with Crippen molar-refractivity contribution >= 4 is 0 Å². The molecule has 0 unspecified atom stereocenters. The van der Waals surface area contributed by atoms with E-state index in [-0.39, 0.29) is 5.54 Å². The van der Waals surface area contributed by atoms with Gasteiger partial charge in [-0.05, 0) is 80.9 Å². The van der Waals surface area contributed by atoms with Crippen LogP contribution in [0.15, 0.2) is 24.3 Å². The van der Waals surface area contributed by atoms with Crippen molar-refractivity contribution < 1.29 is 0 Å². The molecule has 0 saturated heterocycles. The van der Waals surface area contributed by atoms with Crippen LogP contribution in [-0.2, 0) is 5.54 Å². The Morgan fingerprint density at radius 3 is 2.05 bits per heavy atom. The Kier molecular flexibility index (Phi) is 2.57. The van der Waals surface area contributed by atoms with Crippen LogP contribution in [0.3, 0.4) is 0 Å². The number of hydrogen-bond acceptors (Lipinski definition) is 1. The third kappa shape index (κ3) is 1.51. The maximum absolute atomic E-state index is 3.82. The normalized spacial score (nSPS) is 43.7. The van der Waals surface area contributed by atoms with Crippen LogP contribution < -0.4 is 5.32 Å². The summed E-state index contributed by atoms with van der Waals surface area (Å²) in [6.07, 6.45) is 7.37. The van der Waals surface area contributed by atoms with Crippen molar-refractivity contribution in [1.82, 2.24) is 5.32 Å². The first-order valence-electron chi connectivity index (χ1n) is 7.99. The molecule has 4 aliphatic rings. The second kappa shape index (κ2) is 4.09. The van der Waals surface area contributed by atoms with Crippen molar-refractivity contribution in [3.63, 3.8) is 0 Å². The molecule has 0 aliphatic heterocycles. The Morgan fingerprint density at radius 1 is 0.947 bits per heavy atom. The molecule has 0 atom stereocenters. The van der Waals surface area contributed by atoms with E-state index in [9.17, 15) is 0 Å². The standard InChI is InChI=1S/C18H25N/c1-12-5-3-4-6-17(12)18(19-2)15-8-13-7-14(10-15)11-16(18)9-13/h3-6,13-16,19H,7-11H2,1-2H3. The van der Waals surface area contributed by atoms with Crippen LogP contribution in [0.4, 0.5) is 0 Å². The van der Waals surface area contributed by atoms with E-state index in [0.717, 1.165) is 23.7 Å². The quantitative estimate of drug-likeness (QED) is 0.846. The van der Waals surface area contributed by atoms with Crippen molar-refractivity contribution in [2.45, 2.75) is 44.6 Å². The van der Waals surface area contributed by atoms with Gasteiger partial charge in [0.25, 0.3) is 0 Å². The molecule has 102 valence electrons. The highest BCUT2D eigenvalue weighted by Gasteiger charge is 2.57. The van der Waals surface area contributed by atoms with Crippen LogP contribution in [0, 0.1) is 30.6 Å². The molecular weight excluding hydrogens is 230 g/mol. The molecule has 1 aromatic carbocycles. The zero-order valence-corrected chi connectivity index (χ0v) is 12.2. The van der Waals surface area contributed by atoms with Crippen LogP contribution in [-0.4, -0.2) is 7.05 Å². The summed E-state index contributed by atoms with van der Waals surface area (Å²) in [5, 5.41) is 3.82. The molecular formula is C18H25N. The Balaban J connectivity index is 1.84. The maximum Gasteiger partial charge on any atom is 0.0492 e. The molecule has 4 saturated carbocycles. The molecule has 5 rings (SSSR count). The second-order valence-corrected chi connectivity index (χ2v) is 7.24. The first-order valence-corrected chi connectivity index (χ1v) is 7.99. The van der Waals surface area contributed by atoms with Gasteiger partial charge in [-0.1, -0.05) is 24.3 Å². The van der Waals surface area contributed by atoms with Crippen LogP contribution in [0.2, 0.25) is 0 Å². The molecule has 19 heavy (non-hydrogen) atoms.